The van der Waals surface area contributed by atoms with Crippen molar-refractivity contribution >= 4 is 54.8 Å². The molecule has 6 nitrogen and oxygen atoms in total. The Morgan fingerprint density at radius 3 is 1.50 bits per heavy atom. The van der Waals surface area contributed by atoms with Crippen molar-refractivity contribution in [2.24, 2.45) is 0 Å². The Morgan fingerprint density at radius 2 is 0.815 bits per heavy atom. The third kappa shape index (κ3) is 4.89. The zero-order valence-electron chi connectivity index (χ0n) is 28.8. The number of hydrogen-bond donors (Lipinski definition) is 0. The maximum Gasteiger partial charge on any atom is 0.164 e. The minimum atomic E-state index is 0.587. The van der Waals surface area contributed by atoms with Crippen LogP contribution < -0.4 is 0 Å². The van der Waals surface area contributed by atoms with Crippen LogP contribution in [0, 0.1) is 0 Å². The quantitative estimate of drug-likeness (QED) is 0.179. The van der Waals surface area contributed by atoms with Crippen LogP contribution in [-0.2, 0) is 0 Å². The van der Waals surface area contributed by atoms with Gasteiger partial charge in [0.1, 0.15) is 22.4 Å². The number of furan rings is 2. The molecule has 4 aromatic heterocycles. The molecule has 0 bridgehead atoms. The van der Waals surface area contributed by atoms with Crippen LogP contribution in [0.15, 0.2) is 179 Å². The summed E-state index contributed by atoms with van der Waals surface area (Å²) in [4.78, 5) is 20.1. The van der Waals surface area contributed by atoms with Crippen LogP contribution in [0.3, 0.4) is 0 Å². The van der Waals surface area contributed by atoms with Gasteiger partial charge in [0, 0.05) is 49.2 Å². The van der Waals surface area contributed by atoms with Crippen LogP contribution in [0.2, 0.25) is 0 Å². The van der Waals surface area contributed by atoms with E-state index in [0.29, 0.717) is 17.5 Å². The monoisotopic (exact) mass is 692 g/mol. The van der Waals surface area contributed by atoms with Crippen molar-refractivity contribution in [1.29, 1.82) is 0 Å². The second kappa shape index (κ2) is 12.1. The Morgan fingerprint density at radius 1 is 0.315 bits per heavy atom. The molecule has 0 N–H and O–H groups in total. The lowest BCUT2D eigenvalue weighted by Gasteiger charge is -2.10. The van der Waals surface area contributed by atoms with Crippen LogP contribution in [-0.4, -0.2) is 19.9 Å². The van der Waals surface area contributed by atoms with Gasteiger partial charge in [-0.05, 0) is 35.4 Å². The third-order valence-corrected chi connectivity index (χ3v) is 10.2. The lowest BCUT2D eigenvalue weighted by Crippen LogP contribution is -2.00. The highest BCUT2D eigenvalue weighted by atomic mass is 16.3. The predicted octanol–water partition coefficient (Wildman–Crippen LogP) is 12.6. The maximum atomic E-state index is 6.46. The Hall–Kier alpha value is -7.44. The fourth-order valence-electron chi connectivity index (χ4n) is 7.57. The van der Waals surface area contributed by atoms with E-state index in [2.05, 4.69) is 66.7 Å². The van der Waals surface area contributed by atoms with Gasteiger partial charge in [0.2, 0.25) is 0 Å². The van der Waals surface area contributed by atoms with E-state index in [1.165, 1.54) is 0 Å². The minimum Gasteiger partial charge on any atom is -0.456 e. The fraction of sp³-hybridized carbons (Fsp3) is 0. The number of aromatic nitrogens is 4. The van der Waals surface area contributed by atoms with Crippen molar-refractivity contribution in [2.75, 3.05) is 0 Å². The molecule has 0 unspecified atom stereocenters. The summed E-state index contributed by atoms with van der Waals surface area (Å²) >= 11 is 0. The Kier molecular flexibility index (Phi) is 6.75. The highest BCUT2D eigenvalue weighted by molar-refractivity contribution is 6.20. The molecule has 0 aliphatic carbocycles. The molecule has 252 valence electrons. The number of nitrogens with zero attached hydrogens (tertiary/aromatic N) is 4. The molecule has 4 heterocycles. The van der Waals surface area contributed by atoms with Crippen molar-refractivity contribution in [1.82, 2.24) is 19.9 Å². The first-order valence-electron chi connectivity index (χ1n) is 17.9. The molecule has 6 heteroatoms. The summed E-state index contributed by atoms with van der Waals surface area (Å²) < 4.78 is 12.6. The van der Waals surface area contributed by atoms with Gasteiger partial charge in [-0.3, -0.25) is 0 Å². The standard InChI is InChI=1S/C48H28N4O2/c1-2-11-31(12-3-1)46-50-47(32-25-21-29(22-26-32)34-16-10-20-41-42(34)36-14-5-8-18-39(36)53-41)52-48(51-46)33-27-23-30(24-28-33)44-45-43(35-13-4-7-17-38(35)49-44)37-15-6-9-19-40(37)54-45/h1-28H. The van der Waals surface area contributed by atoms with Crippen LogP contribution in [0.1, 0.15) is 0 Å². The molecular weight excluding hydrogens is 665 g/mol. The first-order chi connectivity index (χ1) is 26.7. The summed E-state index contributed by atoms with van der Waals surface area (Å²) in [6, 6.07) is 57.5. The van der Waals surface area contributed by atoms with Crippen molar-refractivity contribution in [3.63, 3.8) is 0 Å². The molecular formula is C48H28N4O2. The largest absolute Gasteiger partial charge is 0.456 e. The Labute approximate surface area is 309 Å². The van der Waals surface area contributed by atoms with E-state index in [0.717, 1.165) is 93.9 Å². The third-order valence-electron chi connectivity index (χ3n) is 10.2. The van der Waals surface area contributed by atoms with Crippen LogP contribution in [0.5, 0.6) is 0 Å². The number of para-hydroxylation sites is 3. The summed E-state index contributed by atoms with van der Waals surface area (Å²) in [5, 5.41) is 5.44. The zero-order chi connectivity index (χ0) is 35.6. The summed E-state index contributed by atoms with van der Waals surface area (Å²) in [6.45, 7) is 0. The van der Waals surface area contributed by atoms with E-state index < -0.39 is 0 Å². The average molecular weight is 693 g/mol. The molecule has 11 rings (SSSR count). The van der Waals surface area contributed by atoms with Gasteiger partial charge in [-0.25, -0.2) is 19.9 Å². The molecule has 0 saturated carbocycles. The molecule has 0 saturated heterocycles. The summed E-state index contributed by atoms with van der Waals surface area (Å²) in [7, 11) is 0. The molecule has 54 heavy (non-hydrogen) atoms. The first-order valence-corrected chi connectivity index (χ1v) is 17.9. The lowest BCUT2D eigenvalue weighted by atomic mass is 9.98. The van der Waals surface area contributed by atoms with E-state index >= 15 is 0 Å². The van der Waals surface area contributed by atoms with Gasteiger partial charge < -0.3 is 8.83 Å². The van der Waals surface area contributed by atoms with Gasteiger partial charge in [-0.1, -0.05) is 146 Å². The van der Waals surface area contributed by atoms with Crippen LogP contribution in [0.25, 0.3) is 111 Å². The van der Waals surface area contributed by atoms with Gasteiger partial charge in [0.05, 0.1) is 5.52 Å². The van der Waals surface area contributed by atoms with Gasteiger partial charge in [0.15, 0.2) is 23.1 Å². The zero-order valence-corrected chi connectivity index (χ0v) is 28.8. The fourth-order valence-corrected chi connectivity index (χ4v) is 7.57. The van der Waals surface area contributed by atoms with Gasteiger partial charge >= 0.3 is 0 Å². The normalized spacial score (nSPS) is 11.7. The minimum absolute atomic E-state index is 0.587. The van der Waals surface area contributed by atoms with Crippen molar-refractivity contribution < 1.29 is 8.83 Å². The molecule has 0 spiro atoms. The van der Waals surface area contributed by atoms with Gasteiger partial charge in [-0.2, -0.15) is 0 Å². The van der Waals surface area contributed by atoms with E-state index in [1.807, 2.05) is 103 Å². The van der Waals surface area contributed by atoms with Crippen LogP contribution >= 0.6 is 0 Å². The van der Waals surface area contributed by atoms with E-state index in [-0.39, 0.29) is 0 Å². The molecule has 0 aliphatic rings. The average Bonchev–Trinajstić information content (AvgIpc) is 3.83. The van der Waals surface area contributed by atoms with Crippen molar-refractivity contribution in [3.05, 3.63) is 170 Å². The number of hydrogen-bond acceptors (Lipinski definition) is 6. The van der Waals surface area contributed by atoms with E-state index in [1.54, 1.807) is 0 Å². The Balaban J connectivity index is 1.01. The number of rotatable bonds is 5. The maximum absolute atomic E-state index is 6.46. The number of fused-ring (bicyclic) bond motifs is 8. The molecule has 7 aromatic carbocycles. The van der Waals surface area contributed by atoms with Gasteiger partial charge in [0.25, 0.3) is 0 Å². The second-order valence-electron chi connectivity index (χ2n) is 13.4. The molecule has 0 radical (unpaired) electrons. The molecule has 0 fully saturated rings. The molecule has 11 aromatic rings. The number of benzene rings is 7. The predicted molar refractivity (Wildman–Crippen MR) is 217 cm³/mol. The summed E-state index contributed by atoms with van der Waals surface area (Å²) in [6.07, 6.45) is 0. The first kappa shape index (κ1) is 30.2. The smallest absolute Gasteiger partial charge is 0.164 e. The highest BCUT2D eigenvalue weighted by Crippen LogP contribution is 2.40. The molecule has 0 amide bonds. The number of pyridine rings is 1. The van der Waals surface area contributed by atoms with Crippen LogP contribution in [0.4, 0.5) is 0 Å². The van der Waals surface area contributed by atoms with Crippen molar-refractivity contribution in [3.8, 4) is 56.5 Å². The molecule has 0 atom stereocenters. The van der Waals surface area contributed by atoms with E-state index in [9.17, 15) is 0 Å². The summed E-state index contributed by atoms with van der Waals surface area (Å²) in [5.41, 5.74) is 10.9. The topological polar surface area (TPSA) is 77.8 Å². The second-order valence-corrected chi connectivity index (χ2v) is 13.4. The van der Waals surface area contributed by atoms with Crippen molar-refractivity contribution in [2.45, 2.75) is 0 Å². The highest BCUT2D eigenvalue weighted by Gasteiger charge is 2.19. The van der Waals surface area contributed by atoms with Gasteiger partial charge in [-0.15, -0.1) is 0 Å². The lowest BCUT2D eigenvalue weighted by molar-refractivity contribution is 0.668. The Bertz CT molecular complexity index is 3200. The molecule has 0 aliphatic heterocycles. The summed E-state index contributed by atoms with van der Waals surface area (Å²) in [5.74, 6) is 1.80. The van der Waals surface area contributed by atoms with E-state index in [4.69, 9.17) is 28.8 Å². The SMILES string of the molecule is c1ccc(-c2nc(-c3ccc(-c4nc5ccccc5c5c4oc4ccccc45)cc3)nc(-c3ccc(-c4cccc5oc6ccccc6c45)cc3)n2)cc1.